The molecule has 0 aliphatic rings. The Balaban J connectivity index is 2.60. The van der Waals surface area contributed by atoms with Crippen LogP contribution in [0, 0.1) is 10.1 Å². The Morgan fingerprint density at radius 1 is 1.31 bits per heavy atom. The lowest BCUT2D eigenvalue weighted by Crippen LogP contribution is -2.46. The predicted octanol–water partition coefficient (Wildman–Crippen LogP) is 1.82. The molecular formula is C16H20ClN3O6. The highest BCUT2D eigenvalue weighted by molar-refractivity contribution is 6.32. The number of nitro benzene ring substituents is 1. The highest BCUT2D eigenvalue weighted by Crippen LogP contribution is 2.24. The number of nitrogens with zero attached hydrogens (tertiary/aromatic N) is 1. The number of halogens is 1. The smallest absolute Gasteiger partial charge is 0.326 e. The molecule has 26 heavy (non-hydrogen) atoms. The van der Waals surface area contributed by atoms with Crippen LogP contribution in [-0.2, 0) is 14.3 Å². The van der Waals surface area contributed by atoms with E-state index in [0.29, 0.717) is 0 Å². The molecule has 0 aliphatic heterocycles. The Morgan fingerprint density at radius 2 is 1.92 bits per heavy atom. The van der Waals surface area contributed by atoms with Gasteiger partial charge in [-0.25, -0.2) is 0 Å². The SMILES string of the molecule is CC(OC(=O)CNC(=O)c1ccc(Cl)c([N+](=O)[O-])c1)C(=O)NC(C)(C)C. The fraction of sp³-hybridized carbons (Fsp3) is 0.438. The Kier molecular flexibility index (Phi) is 7.08. The Labute approximate surface area is 155 Å². The fourth-order valence-corrected chi connectivity index (χ4v) is 2.00. The minimum atomic E-state index is -1.03. The van der Waals surface area contributed by atoms with Crippen molar-refractivity contribution in [2.24, 2.45) is 0 Å². The van der Waals surface area contributed by atoms with Gasteiger partial charge >= 0.3 is 5.97 Å². The summed E-state index contributed by atoms with van der Waals surface area (Å²) in [5.41, 5.74) is -0.934. The second-order valence-corrected chi connectivity index (χ2v) is 6.88. The van der Waals surface area contributed by atoms with E-state index in [1.807, 2.05) is 0 Å². The molecule has 1 aromatic rings. The van der Waals surface area contributed by atoms with Crippen molar-refractivity contribution in [1.29, 1.82) is 0 Å². The average Bonchev–Trinajstić information content (AvgIpc) is 2.51. The number of hydrogen-bond acceptors (Lipinski definition) is 6. The number of amides is 2. The van der Waals surface area contributed by atoms with Crippen LogP contribution >= 0.6 is 11.6 Å². The van der Waals surface area contributed by atoms with E-state index in [9.17, 15) is 24.5 Å². The molecule has 10 heteroatoms. The summed E-state index contributed by atoms with van der Waals surface area (Å²) >= 11 is 5.67. The Bertz CT molecular complexity index is 729. The molecule has 2 amide bonds. The summed E-state index contributed by atoms with van der Waals surface area (Å²) in [7, 11) is 0. The minimum absolute atomic E-state index is 0.0348. The number of nitro groups is 1. The van der Waals surface area contributed by atoms with Gasteiger partial charge in [-0.05, 0) is 39.8 Å². The van der Waals surface area contributed by atoms with Crippen molar-refractivity contribution < 1.29 is 24.0 Å². The van der Waals surface area contributed by atoms with Crippen LogP contribution in [0.1, 0.15) is 38.1 Å². The first kappa shape index (κ1) is 21.4. The molecule has 0 radical (unpaired) electrons. The molecule has 9 nitrogen and oxygen atoms in total. The van der Waals surface area contributed by atoms with Gasteiger partial charge in [-0.15, -0.1) is 0 Å². The molecule has 142 valence electrons. The molecule has 0 bridgehead atoms. The number of nitrogens with one attached hydrogen (secondary N) is 2. The van der Waals surface area contributed by atoms with Gasteiger partial charge < -0.3 is 15.4 Å². The second kappa shape index (κ2) is 8.61. The molecular weight excluding hydrogens is 366 g/mol. The first-order valence-electron chi connectivity index (χ1n) is 7.64. The van der Waals surface area contributed by atoms with E-state index < -0.39 is 46.6 Å². The molecule has 0 aromatic heterocycles. The Hall–Kier alpha value is -2.68. The van der Waals surface area contributed by atoms with Crippen LogP contribution in [0.25, 0.3) is 0 Å². The average molecular weight is 386 g/mol. The van der Waals surface area contributed by atoms with Crippen LogP contribution in [0.4, 0.5) is 5.69 Å². The van der Waals surface area contributed by atoms with Crippen molar-refractivity contribution in [3.05, 3.63) is 38.9 Å². The van der Waals surface area contributed by atoms with Gasteiger partial charge in [0.15, 0.2) is 6.10 Å². The maximum Gasteiger partial charge on any atom is 0.326 e. The normalized spacial score (nSPS) is 12.0. The molecule has 0 saturated carbocycles. The third-order valence-corrected chi connectivity index (χ3v) is 3.29. The van der Waals surface area contributed by atoms with Crippen LogP contribution in [-0.4, -0.2) is 40.9 Å². The number of ether oxygens (including phenoxy) is 1. The highest BCUT2D eigenvalue weighted by atomic mass is 35.5. The Morgan fingerprint density at radius 3 is 2.46 bits per heavy atom. The molecule has 0 heterocycles. The van der Waals surface area contributed by atoms with E-state index in [1.165, 1.54) is 19.1 Å². The van der Waals surface area contributed by atoms with Crippen LogP contribution in [0.3, 0.4) is 0 Å². The zero-order valence-corrected chi connectivity index (χ0v) is 15.5. The molecule has 0 aliphatic carbocycles. The number of carbonyl (C=O) groups is 3. The summed E-state index contributed by atoms with van der Waals surface area (Å²) in [5, 5.41) is 15.6. The largest absolute Gasteiger partial charge is 0.451 e. The molecule has 0 fully saturated rings. The van der Waals surface area contributed by atoms with Gasteiger partial charge in [0.2, 0.25) is 0 Å². The maximum atomic E-state index is 12.0. The molecule has 1 rings (SSSR count). The van der Waals surface area contributed by atoms with Crippen LogP contribution in [0.2, 0.25) is 5.02 Å². The van der Waals surface area contributed by atoms with E-state index in [2.05, 4.69) is 10.6 Å². The quantitative estimate of drug-likeness (QED) is 0.436. The number of benzene rings is 1. The highest BCUT2D eigenvalue weighted by Gasteiger charge is 2.23. The van der Waals surface area contributed by atoms with Gasteiger partial charge in [-0.3, -0.25) is 24.5 Å². The lowest BCUT2D eigenvalue weighted by molar-refractivity contribution is -0.384. The standard InChI is InChI=1S/C16H20ClN3O6/c1-9(14(22)19-16(2,3)4)26-13(21)8-18-15(23)10-5-6-11(17)12(7-10)20(24)25/h5-7,9H,8H2,1-4H3,(H,18,23)(H,19,22). The predicted molar refractivity (Wildman–Crippen MR) is 93.9 cm³/mol. The van der Waals surface area contributed by atoms with Crippen LogP contribution in [0.15, 0.2) is 18.2 Å². The van der Waals surface area contributed by atoms with Crippen molar-refractivity contribution in [2.75, 3.05) is 6.54 Å². The first-order valence-corrected chi connectivity index (χ1v) is 8.02. The molecule has 1 aromatic carbocycles. The number of hydrogen-bond donors (Lipinski definition) is 2. The zero-order valence-electron chi connectivity index (χ0n) is 14.8. The second-order valence-electron chi connectivity index (χ2n) is 6.48. The van der Waals surface area contributed by atoms with E-state index in [-0.39, 0.29) is 10.6 Å². The summed E-state index contributed by atoms with van der Waals surface area (Å²) in [5.74, 6) is -2.00. The molecule has 2 N–H and O–H groups in total. The molecule has 0 saturated heterocycles. The minimum Gasteiger partial charge on any atom is -0.451 e. The van der Waals surface area contributed by atoms with Crippen LogP contribution < -0.4 is 10.6 Å². The van der Waals surface area contributed by atoms with E-state index in [0.717, 1.165) is 6.07 Å². The third-order valence-electron chi connectivity index (χ3n) is 2.97. The first-order chi connectivity index (χ1) is 11.9. The monoisotopic (exact) mass is 385 g/mol. The van der Waals surface area contributed by atoms with Gasteiger partial charge in [0.1, 0.15) is 11.6 Å². The topological polar surface area (TPSA) is 128 Å². The summed E-state index contributed by atoms with van der Waals surface area (Å²) in [4.78, 5) is 45.7. The number of esters is 1. The third kappa shape index (κ3) is 6.67. The van der Waals surface area contributed by atoms with Crippen molar-refractivity contribution >= 4 is 35.1 Å². The van der Waals surface area contributed by atoms with Gasteiger partial charge in [0.05, 0.1) is 4.92 Å². The van der Waals surface area contributed by atoms with E-state index >= 15 is 0 Å². The maximum absolute atomic E-state index is 12.0. The van der Waals surface area contributed by atoms with Crippen molar-refractivity contribution in [3.8, 4) is 0 Å². The molecule has 1 atom stereocenters. The molecule has 0 spiro atoms. The van der Waals surface area contributed by atoms with E-state index in [4.69, 9.17) is 16.3 Å². The summed E-state index contributed by atoms with van der Waals surface area (Å²) in [6.07, 6.45) is -1.03. The van der Waals surface area contributed by atoms with Gasteiger partial charge in [0, 0.05) is 17.2 Å². The van der Waals surface area contributed by atoms with E-state index in [1.54, 1.807) is 20.8 Å². The van der Waals surface area contributed by atoms with Gasteiger partial charge in [0.25, 0.3) is 17.5 Å². The lowest BCUT2D eigenvalue weighted by atomic mass is 10.1. The number of rotatable bonds is 6. The summed E-state index contributed by atoms with van der Waals surface area (Å²) in [6, 6.07) is 3.50. The summed E-state index contributed by atoms with van der Waals surface area (Å²) in [6.45, 7) is 6.26. The summed E-state index contributed by atoms with van der Waals surface area (Å²) < 4.78 is 4.93. The zero-order chi connectivity index (χ0) is 20.1. The number of carbonyl (C=O) groups excluding carboxylic acids is 3. The van der Waals surface area contributed by atoms with Crippen molar-refractivity contribution in [2.45, 2.75) is 39.3 Å². The van der Waals surface area contributed by atoms with Crippen LogP contribution in [0.5, 0.6) is 0 Å². The molecule has 1 unspecified atom stereocenters. The van der Waals surface area contributed by atoms with Crippen molar-refractivity contribution in [3.63, 3.8) is 0 Å². The van der Waals surface area contributed by atoms with Gasteiger partial charge in [-0.2, -0.15) is 0 Å². The van der Waals surface area contributed by atoms with Gasteiger partial charge in [-0.1, -0.05) is 11.6 Å². The van der Waals surface area contributed by atoms with Crippen molar-refractivity contribution in [1.82, 2.24) is 10.6 Å². The fourth-order valence-electron chi connectivity index (χ4n) is 1.81. The lowest BCUT2D eigenvalue weighted by Gasteiger charge is -2.23.